The molecule has 0 aliphatic rings. The largest absolute Gasteiger partial charge is 0.432 e. The van der Waals surface area contributed by atoms with E-state index >= 15 is 0 Å². The summed E-state index contributed by atoms with van der Waals surface area (Å²) in [4.78, 5) is 12.0. The van der Waals surface area contributed by atoms with Gasteiger partial charge in [0.15, 0.2) is 8.32 Å². The van der Waals surface area contributed by atoms with E-state index in [2.05, 4.69) is 9.43 Å². The Hall–Kier alpha value is -1.34. The van der Waals surface area contributed by atoms with Crippen molar-refractivity contribution in [2.45, 2.75) is 36.9 Å². The molecular formula is C11H17N3O3SSi. The van der Waals surface area contributed by atoms with Crippen LogP contribution in [-0.2, 0) is 16.4 Å². The standard InChI is InChI=1S/C11H17N3O3SSi/c1-19(2,17)9-3-4-10-5-7-11(8-6-10)18(15,16)14-13-12/h5-8,17H,3-4,9H2,1-2H3. The fourth-order valence-corrected chi connectivity index (χ4v) is 3.36. The van der Waals surface area contributed by atoms with E-state index < -0.39 is 18.3 Å². The van der Waals surface area contributed by atoms with Crippen LogP contribution in [0.2, 0.25) is 19.1 Å². The smallest absolute Gasteiger partial charge is 0.264 e. The molecule has 0 saturated carbocycles. The van der Waals surface area contributed by atoms with Gasteiger partial charge in [0.1, 0.15) is 0 Å². The quantitative estimate of drug-likeness (QED) is 0.378. The maximum atomic E-state index is 11.4. The van der Waals surface area contributed by atoms with Crippen molar-refractivity contribution in [3.8, 4) is 0 Å². The molecule has 6 nitrogen and oxygen atoms in total. The van der Waals surface area contributed by atoms with E-state index in [1.807, 2.05) is 13.1 Å². The third-order valence-corrected chi connectivity index (χ3v) is 5.35. The normalized spacial score (nSPS) is 11.9. The maximum absolute atomic E-state index is 11.4. The number of sulfonamides is 1. The molecule has 0 atom stereocenters. The number of nitrogens with zero attached hydrogens (tertiary/aromatic N) is 3. The Labute approximate surface area is 113 Å². The summed E-state index contributed by atoms with van der Waals surface area (Å²) in [5.41, 5.74) is 9.17. The summed E-state index contributed by atoms with van der Waals surface area (Å²) >= 11 is 0. The van der Waals surface area contributed by atoms with Gasteiger partial charge in [-0.3, -0.25) is 0 Å². The zero-order chi connectivity index (χ0) is 14.5. The molecule has 0 spiro atoms. The highest BCUT2D eigenvalue weighted by Crippen LogP contribution is 2.16. The van der Waals surface area contributed by atoms with Crippen LogP contribution in [0.4, 0.5) is 0 Å². The fourth-order valence-electron chi connectivity index (χ4n) is 1.65. The molecule has 0 heterocycles. The maximum Gasteiger partial charge on any atom is 0.264 e. The predicted octanol–water partition coefficient (Wildman–Crippen LogP) is 2.82. The lowest BCUT2D eigenvalue weighted by atomic mass is 10.1. The van der Waals surface area contributed by atoms with E-state index in [1.165, 1.54) is 12.1 Å². The average Bonchev–Trinajstić information content (AvgIpc) is 2.28. The molecule has 0 radical (unpaired) electrons. The van der Waals surface area contributed by atoms with Gasteiger partial charge in [-0.05, 0) is 55.2 Å². The van der Waals surface area contributed by atoms with Gasteiger partial charge in [-0.25, -0.2) is 8.42 Å². The lowest BCUT2D eigenvalue weighted by molar-refractivity contribution is 0.544. The Balaban J connectivity index is 2.70. The topological polar surface area (TPSA) is 103 Å². The van der Waals surface area contributed by atoms with Gasteiger partial charge in [0, 0.05) is 9.43 Å². The van der Waals surface area contributed by atoms with Crippen LogP contribution in [-0.4, -0.2) is 21.5 Å². The minimum absolute atomic E-state index is 0.00841. The molecule has 1 rings (SSSR count). The van der Waals surface area contributed by atoms with E-state index in [1.54, 1.807) is 12.1 Å². The number of rotatable bonds is 6. The Morgan fingerprint density at radius 3 is 2.37 bits per heavy atom. The molecule has 0 bridgehead atoms. The first-order valence-electron chi connectivity index (χ1n) is 5.87. The molecule has 0 amide bonds. The molecule has 104 valence electrons. The van der Waals surface area contributed by atoms with Gasteiger partial charge in [-0.1, -0.05) is 12.1 Å². The van der Waals surface area contributed by atoms with Crippen LogP contribution in [0.3, 0.4) is 0 Å². The van der Waals surface area contributed by atoms with Crippen molar-refractivity contribution in [1.29, 1.82) is 0 Å². The summed E-state index contributed by atoms with van der Waals surface area (Å²) in [6.07, 6.45) is 1.66. The lowest BCUT2D eigenvalue weighted by Crippen LogP contribution is -2.24. The minimum atomic E-state index is -3.90. The third-order valence-electron chi connectivity index (χ3n) is 2.62. The Morgan fingerprint density at radius 2 is 1.89 bits per heavy atom. The summed E-state index contributed by atoms with van der Waals surface area (Å²) in [5, 5.41) is 0. The van der Waals surface area contributed by atoms with E-state index in [0.29, 0.717) is 0 Å². The van der Waals surface area contributed by atoms with Crippen LogP contribution in [0.5, 0.6) is 0 Å². The number of aryl methyl sites for hydroxylation is 1. The van der Waals surface area contributed by atoms with Crippen LogP contribution >= 0.6 is 0 Å². The number of hydrogen-bond donors (Lipinski definition) is 1. The van der Waals surface area contributed by atoms with Crippen LogP contribution in [0.25, 0.3) is 10.4 Å². The summed E-state index contributed by atoms with van der Waals surface area (Å²) in [6, 6.07) is 7.07. The third kappa shape index (κ3) is 5.44. The first-order chi connectivity index (χ1) is 8.74. The van der Waals surface area contributed by atoms with E-state index in [-0.39, 0.29) is 4.90 Å². The van der Waals surface area contributed by atoms with Crippen LogP contribution in [0, 0.1) is 0 Å². The number of benzene rings is 1. The Bertz CT molecular complexity index is 572. The molecule has 1 aromatic carbocycles. The minimum Gasteiger partial charge on any atom is -0.432 e. The Morgan fingerprint density at radius 1 is 1.32 bits per heavy atom. The molecule has 0 saturated heterocycles. The van der Waals surface area contributed by atoms with Crippen molar-refractivity contribution < 1.29 is 13.2 Å². The lowest BCUT2D eigenvalue weighted by Gasteiger charge is -2.13. The highest BCUT2D eigenvalue weighted by atomic mass is 32.2. The number of hydrogen-bond acceptors (Lipinski definition) is 3. The molecule has 0 aromatic heterocycles. The zero-order valence-corrected chi connectivity index (χ0v) is 12.8. The molecule has 0 unspecified atom stereocenters. The molecule has 19 heavy (non-hydrogen) atoms. The van der Waals surface area contributed by atoms with Crippen LogP contribution in [0.1, 0.15) is 12.0 Å². The van der Waals surface area contributed by atoms with Crippen molar-refractivity contribution in [2.75, 3.05) is 0 Å². The monoisotopic (exact) mass is 299 g/mol. The summed E-state index contributed by atoms with van der Waals surface area (Å²) < 4.78 is 25.7. The van der Waals surface area contributed by atoms with Crippen molar-refractivity contribution in [3.63, 3.8) is 0 Å². The molecule has 1 aromatic rings. The first-order valence-corrected chi connectivity index (χ1v) is 10.5. The highest BCUT2D eigenvalue weighted by Gasteiger charge is 2.16. The highest BCUT2D eigenvalue weighted by molar-refractivity contribution is 7.90. The van der Waals surface area contributed by atoms with Gasteiger partial charge in [-0.2, -0.15) is 0 Å². The fraction of sp³-hybridized carbons (Fsp3) is 0.455. The predicted molar refractivity (Wildman–Crippen MR) is 75.6 cm³/mol. The second-order valence-electron chi connectivity index (χ2n) is 4.96. The van der Waals surface area contributed by atoms with Crippen molar-refractivity contribution in [3.05, 3.63) is 40.3 Å². The van der Waals surface area contributed by atoms with Crippen molar-refractivity contribution in [1.82, 2.24) is 0 Å². The molecule has 1 N–H and O–H groups in total. The van der Waals surface area contributed by atoms with E-state index in [0.717, 1.165) is 24.4 Å². The summed E-state index contributed by atoms with van der Waals surface area (Å²) in [5.74, 6) is 0. The molecule has 0 fully saturated rings. The first kappa shape index (κ1) is 15.7. The second kappa shape index (κ2) is 6.20. The van der Waals surface area contributed by atoms with Crippen LogP contribution < -0.4 is 0 Å². The van der Waals surface area contributed by atoms with Gasteiger partial charge in [-0.15, -0.1) is 0 Å². The van der Waals surface area contributed by atoms with E-state index in [9.17, 15) is 13.2 Å². The second-order valence-corrected chi connectivity index (χ2v) is 10.7. The van der Waals surface area contributed by atoms with Gasteiger partial charge < -0.3 is 4.80 Å². The molecule has 8 heteroatoms. The summed E-state index contributed by atoms with van der Waals surface area (Å²) in [6.45, 7) is 3.78. The van der Waals surface area contributed by atoms with Crippen LogP contribution in [0.15, 0.2) is 33.7 Å². The zero-order valence-electron chi connectivity index (χ0n) is 10.9. The van der Waals surface area contributed by atoms with Gasteiger partial charge >= 0.3 is 0 Å². The van der Waals surface area contributed by atoms with Crippen molar-refractivity contribution >= 4 is 18.3 Å². The van der Waals surface area contributed by atoms with Gasteiger partial charge in [0.05, 0.1) is 4.90 Å². The summed E-state index contributed by atoms with van der Waals surface area (Å²) in [7, 11) is -5.91. The number of azide groups is 1. The Kier molecular flexibility index (Phi) is 5.13. The average molecular weight is 299 g/mol. The molecular weight excluding hydrogens is 282 g/mol. The molecule has 0 aliphatic heterocycles. The van der Waals surface area contributed by atoms with Gasteiger partial charge in [0.2, 0.25) is 0 Å². The SMILES string of the molecule is C[Si](C)(O)CCCc1ccc(S(=O)(=O)N=[N+]=[N-])cc1. The van der Waals surface area contributed by atoms with Crippen molar-refractivity contribution in [2.24, 2.45) is 4.52 Å². The molecule has 0 aliphatic carbocycles. The van der Waals surface area contributed by atoms with Gasteiger partial charge in [0.25, 0.3) is 10.0 Å². The van der Waals surface area contributed by atoms with E-state index in [4.69, 9.17) is 5.53 Å².